The maximum atomic E-state index is 5.21. The molecule has 0 amide bonds. The van der Waals surface area contributed by atoms with E-state index < -0.39 is 0 Å². The Morgan fingerprint density at radius 1 is 0.500 bits per heavy atom. The van der Waals surface area contributed by atoms with E-state index in [9.17, 15) is 0 Å². The molecular formula is C41H28N4Se. The first-order valence-corrected chi connectivity index (χ1v) is 17.2. The van der Waals surface area contributed by atoms with Gasteiger partial charge in [-0.3, -0.25) is 0 Å². The zero-order chi connectivity index (χ0) is 30.8. The molecule has 0 saturated carbocycles. The van der Waals surface area contributed by atoms with Crippen LogP contribution in [0.3, 0.4) is 0 Å². The van der Waals surface area contributed by atoms with Crippen molar-refractivity contribution < 1.29 is 0 Å². The molecule has 5 heteroatoms. The minimum atomic E-state index is -0.110. The number of hydrogen-bond acceptors (Lipinski definition) is 4. The van der Waals surface area contributed by atoms with Crippen LogP contribution < -0.4 is 0 Å². The summed E-state index contributed by atoms with van der Waals surface area (Å²) in [4.78, 5) is 20.5. The third-order valence-electron chi connectivity index (χ3n) is 9.17. The number of benzene rings is 6. The summed E-state index contributed by atoms with van der Waals surface area (Å²) in [5.41, 5.74) is 10.2. The fourth-order valence-corrected chi connectivity index (χ4v) is 9.13. The normalized spacial score (nSPS) is 13.2. The van der Waals surface area contributed by atoms with Crippen LogP contribution >= 0.6 is 0 Å². The Kier molecular flexibility index (Phi) is 6.14. The van der Waals surface area contributed by atoms with Crippen molar-refractivity contribution in [3.63, 3.8) is 0 Å². The van der Waals surface area contributed by atoms with E-state index in [-0.39, 0.29) is 19.9 Å². The molecular weight excluding hydrogens is 627 g/mol. The quantitative estimate of drug-likeness (QED) is 0.177. The van der Waals surface area contributed by atoms with Crippen molar-refractivity contribution >= 4 is 35.1 Å². The monoisotopic (exact) mass is 656 g/mol. The van der Waals surface area contributed by atoms with Crippen LogP contribution in [0.15, 0.2) is 133 Å². The van der Waals surface area contributed by atoms with Gasteiger partial charge in [-0.05, 0) is 0 Å². The first-order valence-electron chi connectivity index (χ1n) is 15.5. The summed E-state index contributed by atoms with van der Waals surface area (Å²) in [6, 6.07) is 46.9. The summed E-state index contributed by atoms with van der Waals surface area (Å²) in [6.07, 6.45) is 0. The van der Waals surface area contributed by atoms with Crippen LogP contribution in [0.2, 0.25) is 0 Å². The Labute approximate surface area is 273 Å². The second kappa shape index (κ2) is 10.4. The molecule has 0 radical (unpaired) electrons. The molecule has 2 heterocycles. The Hall–Kier alpha value is -5.22. The average molecular weight is 656 g/mol. The number of hydrogen-bond donors (Lipinski definition) is 0. The number of nitrogens with zero attached hydrogens (tertiary/aromatic N) is 4. The molecule has 9 rings (SSSR count). The van der Waals surface area contributed by atoms with E-state index in [4.69, 9.17) is 19.9 Å². The standard InChI is InChI=1S/C41H28N4Se/c1-41(2)32-18-10-9-16-29(32)35-30(17-11-19-33(35)41)39-44-37(26-12-5-3-6-13-26)43-38(45-39)28-21-20-25-22-23-34-36(31(25)24-28)46-40(42-34)27-14-7-4-8-15-27/h3-24H,1-2H3. The van der Waals surface area contributed by atoms with Gasteiger partial charge in [0.15, 0.2) is 0 Å². The van der Waals surface area contributed by atoms with Crippen molar-refractivity contribution in [2.75, 3.05) is 0 Å². The minimum absolute atomic E-state index is 0.0963. The van der Waals surface area contributed by atoms with Crippen LogP contribution in [0.4, 0.5) is 0 Å². The first-order chi connectivity index (χ1) is 22.5. The molecule has 0 N–H and O–H groups in total. The van der Waals surface area contributed by atoms with Crippen LogP contribution in [0, 0.1) is 0 Å². The second-order valence-corrected chi connectivity index (χ2v) is 14.4. The van der Waals surface area contributed by atoms with E-state index in [1.165, 1.54) is 42.8 Å². The van der Waals surface area contributed by atoms with Crippen molar-refractivity contribution in [1.82, 2.24) is 19.9 Å². The Balaban J connectivity index is 1.26. The summed E-state index contributed by atoms with van der Waals surface area (Å²) < 4.78 is 2.47. The van der Waals surface area contributed by atoms with E-state index >= 15 is 0 Å². The average Bonchev–Trinajstić information content (AvgIpc) is 3.66. The molecule has 1 aliphatic rings. The topological polar surface area (TPSA) is 51.6 Å². The maximum absolute atomic E-state index is 5.21. The van der Waals surface area contributed by atoms with Gasteiger partial charge in [-0.25, -0.2) is 0 Å². The fourth-order valence-electron chi connectivity index (χ4n) is 6.83. The number of aromatic nitrogens is 4. The van der Waals surface area contributed by atoms with Crippen LogP contribution in [0.5, 0.6) is 0 Å². The molecule has 8 aromatic rings. The van der Waals surface area contributed by atoms with Gasteiger partial charge in [0.2, 0.25) is 0 Å². The summed E-state index contributed by atoms with van der Waals surface area (Å²) in [5, 5.41) is 2.41. The summed E-state index contributed by atoms with van der Waals surface area (Å²) in [5.74, 6) is 2.02. The number of rotatable bonds is 4. The molecule has 0 spiro atoms. The van der Waals surface area contributed by atoms with Crippen LogP contribution in [0.25, 0.3) is 76.0 Å². The molecule has 6 aromatic carbocycles. The summed E-state index contributed by atoms with van der Waals surface area (Å²) >= 11 is 0.0963. The molecule has 1 aliphatic carbocycles. The SMILES string of the molecule is CC1(C)c2ccccc2-c2c(-c3nc(-c4ccccc4)nc(-c4ccc5ccc6nc(-c7ccccc7)[se]c6c5c4)n3)cccc21. The second-order valence-electron chi connectivity index (χ2n) is 12.3. The fraction of sp³-hybridized carbons (Fsp3) is 0.0732. The molecule has 0 saturated heterocycles. The molecule has 2 aromatic heterocycles. The van der Waals surface area contributed by atoms with Gasteiger partial charge in [0.25, 0.3) is 0 Å². The van der Waals surface area contributed by atoms with Gasteiger partial charge in [-0.15, -0.1) is 0 Å². The van der Waals surface area contributed by atoms with Gasteiger partial charge >= 0.3 is 268 Å². The predicted molar refractivity (Wildman–Crippen MR) is 189 cm³/mol. The van der Waals surface area contributed by atoms with Gasteiger partial charge in [-0.2, -0.15) is 0 Å². The van der Waals surface area contributed by atoms with Gasteiger partial charge in [0.1, 0.15) is 0 Å². The zero-order valence-corrected chi connectivity index (χ0v) is 27.1. The first kappa shape index (κ1) is 27.1. The molecule has 0 aliphatic heterocycles. The summed E-state index contributed by atoms with van der Waals surface area (Å²) in [6.45, 7) is 4.61. The number of fused-ring (bicyclic) bond motifs is 6. The molecule has 0 atom stereocenters. The van der Waals surface area contributed by atoms with Crippen molar-refractivity contribution in [3.8, 4) is 55.4 Å². The van der Waals surface area contributed by atoms with Crippen LogP contribution in [-0.4, -0.2) is 34.4 Å². The van der Waals surface area contributed by atoms with Crippen molar-refractivity contribution in [2.45, 2.75) is 19.3 Å². The molecule has 0 bridgehead atoms. The van der Waals surface area contributed by atoms with Crippen molar-refractivity contribution in [2.24, 2.45) is 0 Å². The van der Waals surface area contributed by atoms with E-state index in [1.807, 2.05) is 18.2 Å². The third kappa shape index (κ3) is 4.28. The van der Waals surface area contributed by atoms with Gasteiger partial charge in [0, 0.05) is 0 Å². The molecule has 0 unspecified atom stereocenters. The molecule has 4 nitrogen and oxygen atoms in total. The molecule has 0 fully saturated rings. The van der Waals surface area contributed by atoms with Gasteiger partial charge in [-0.1, -0.05) is 6.07 Å². The zero-order valence-electron chi connectivity index (χ0n) is 25.4. The predicted octanol–water partition coefficient (Wildman–Crippen LogP) is 9.60. The third-order valence-corrected chi connectivity index (χ3v) is 11.6. The Morgan fingerprint density at radius 3 is 1.93 bits per heavy atom. The van der Waals surface area contributed by atoms with E-state index in [0.717, 1.165) is 26.8 Å². The summed E-state index contributed by atoms with van der Waals surface area (Å²) in [7, 11) is 0. The van der Waals surface area contributed by atoms with Crippen molar-refractivity contribution in [1.29, 1.82) is 0 Å². The van der Waals surface area contributed by atoms with E-state index in [1.54, 1.807) is 0 Å². The molecule has 46 heavy (non-hydrogen) atoms. The van der Waals surface area contributed by atoms with Crippen molar-refractivity contribution in [3.05, 3.63) is 145 Å². The molecule has 218 valence electrons. The Morgan fingerprint density at radius 2 is 1.13 bits per heavy atom. The van der Waals surface area contributed by atoms with Gasteiger partial charge in [0.05, 0.1) is 0 Å². The van der Waals surface area contributed by atoms with Crippen LogP contribution in [0.1, 0.15) is 25.0 Å². The van der Waals surface area contributed by atoms with E-state index in [2.05, 4.69) is 129 Å². The van der Waals surface area contributed by atoms with Crippen LogP contribution in [-0.2, 0) is 5.41 Å². The van der Waals surface area contributed by atoms with E-state index in [0.29, 0.717) is 17.5 Å². The Bertz CT molecular complexity index is 2450. The van der Waals surface area contributed by atoms with Gasteiger partial charge < -0.3 is 0 Å².